The van der Waals surface area contributed by atoms with Gasteiger partial charge in [0.1, 0.15) is 6.29 Å². The van der Waals surface area contributed by atoms with Crippen LogP contribution < -0.4 is 5.32 Å². The molecule has 1 aliphatic rings. The number of carbonyl (C=O) groups excluding carboxylic acids is 1. The van der Waals surface area contributed by atoms with Crippen LogP contribution in [0.5, 0.6) is 0 Å². The number of allylic oxidation sites excluding steroid dienone is 2. The fourth-order valence-corrected chi connectivity index (χ4v) is 1.24. The molecule has 0 bridgehead atoms. The molecular formula is C8H9N3O. The van der Waals surface area contributed by atoms with E-state index in [0.29, 0.717) is 6.54 Å². The minimum atomic E-state index is 0.623. The normalized spacial score (nSPS) is 15.4. The first-order valence-corrected chi connectivity index (χ1v) is 3.74. The average molecular weight is 163 g/mol. The molecule has 0 radical (unpaired) electrons. The Balaban J connectivity index is 2.40. The zero-order valence-corrected chi connectivity index (χ0v) is 6.74. The van der Waals surface area contributed by atoms with Crippen molar-refractivity contribution in [3.63, 3.8) is 0 Å². The van der Waals surface area contributed by atoms with Crippen molar-refractivity contribution in [3.05, 3.63) is 23.7 Å². The molecule has 0 amide bonds. The van der Waals surface area contributed by atoms with Gasteiger partial charge in [-0.3, -0.25) is 4.79 Å². The number of rotatable bonds is 1. The van der Waals surface area contributed by atoms with Crippen molar-refractivity contribution in [2.75, 3.05) is 5.32 Å². The van der Waals surface area contributed by atoms with Gasteiger partial charge in [-0.05, 0) is 6.92 Å². The van der Waals surface area contributed by atoms with Gasteiger partial charge in [0.15, 0.2) is 0 Å². The van der Waals surface area contributed by atoms with E-state index in [-0.39, 0.29) is 0 Å². The van der Waals surface area contributed by atoms with Gasteiger partial charge in [0, 0.05) is 23.7 Å². The van der Waals surface area contributed by atoms with Crippen molar-refractivity contribution in [2.45, 2.75) is 13.5 Å². The number of hydrogen-bond donors (Lipinski definition) is 1. The predicted octanol–water partition coefficient (Wildman–Crippen LogP) is 0.781. The van der Waals surface area contributed by atoms with E-state index in [0.717, 1.165) is 23.5 Å². The van der Waals surface area contributed by atoms with Crippen molar-refractivity contribution >= 4 is 12.2 Å². The minimum absolute atomic E-state index is 0.623. The highest BCUT2D eigenvalue weighted by Crippen LogP contribution is 2.17. The summed E-state index contributed by atoms with van der Waals surface area (Å²) in [4.78, 5) is 14.6. The number of aromatic nitrogens is 2. The lowest BCUT2D eigenvalue weighted by Gasteiger charge is -2.17. The van der Waals surface area contributed by atoms with Crippen LogP contribution in [0.15, 0.2) is 23.7 Å². The summed E-state index contributed by atoms with van der Waals surface area (Å²) in [6.07, 6.45) is 4.44. The maximum absolute atomic E-state index is 10.6. The molecule has 0 spiro atoms. The Morgan fingerprint density at radius 2 is 2.58 bits per heavy atom. The molecule has 4 nitrogen and oxygen atoms in total. The highest BCUT2D eigenvalue weighted by atomic mass is 16.1. The summed E-state index contributed by atoms with van der Waals surface area (Å²) >= 11 is 0. The Labute approximate surface area is 69.9 Å². The summed E-state index contributed by atoms with van der Waals surface area (Å²) in [5.41, 5.74) is 1.67. The van der Waals surface area contributed by atoms with E-state index in [9.17, 15) is 4.79 Å². The number of imidazole rings is 1. The Bertz CT molecular complexity index is 351. The molecule has 2 heterocycles. The van der Waals surface area contributed by atoms with Crippen LogP contribution >= 0.6 is 0 Å². The van der Waals surface area contributed by atoms with Crippen LogP contribution in [0.25, 0.3) is 0 Å². The van der Waals surface area contributed by atoms with Gasteiger partial charge in [-0.25, -0.2) is 4.98 Å². The number of hydrogen-bond acceptors (Lipinski definition) is 3. The molecular weight excluding hydrogens is 154 g/mol. The molecule has 12 heavy (non-hydrogen) atoms. The predicted molar refractivity (Wildman–Crippen MR) is 44.6 cm³/mol. The van der Waals surface area contributed by atoms with E-state index >= 15 is 0 Å². The molecule has 4 heteroatoms. The molecule has 0 fully saturated rings. The van der Waals surface area contributed by atoms with Crippen molar-refractivity contribution in [1.29, 1.82) is 0 Å². The lowest BCUT2D eigenvalue weighted by Crippen LogP contribution is -2.16. The van der Waals surface area contributed by atoms with Crippen molar-refractivity contribution < 1.29 is 4.79 Å². The summed E-state index contributed by atoms with van der Waals surface area (Å²) in [6, 6.07) is 0. The Morgan fingerprint density at radius 1 is 1.75 bits per heavy atom. The molecule has 0 unspecified atom stereocenters. The summed E-state index contributed by atoms with van der Waals surface area (Å²) in [6.45, 7) is 2.50. The van der Waals surface area contributed by atoms with Crippen LogP contribution in [0.1, 0.15) is 6.92 Å². The quantitative estimate of drug-likeness (QED) is 0.622. The van der Waals surface area contributed by atoms with Crippen LogP contribution in [0.4, 0.5) is 5.95 Å². The SMILES string of the molecule is CC1=C(C=O)Cn2ccnc2N1. The molecule has 0 aromatic carbocycles. The number of nitrogens with one attached hydrogen (secondary N) is 1. The summed E-state index contributed by atoms with van der Waals surface area (Å²) in [7, 11) is 0. The Morgan fingerprint density at radius 3 is 3.33 bits per heavy atom. The van der Waals surface area contributed by atoms with E-state index in [1.807, 2.05) is 17.7 Å². The largest absolute Gasteiger partial charge is 0.329 e. The van der Waals surface area contributed by atoms with Crippen LogP contribution in [0, 0.1) is 0 Å². The minimum Gasteiger partial charge on any atom is -0.329 e. The van der Waals surface area contributed by atoms with Crippen LogP contribution in [-0.4, -0.2) is 15.8 Å². The standard InChI is InChI=1S/C8H9N3O/c1-6-7(5-12)4-11-3-2-9-8(11)10-6/h2-3,5H,4H2,1H3,(H,9,10). The van der Waals surface area contributed by atoms with Crippen molar-refractivity contribution in [2.24, 2.45) is 0 Å². The van der Waals surface area contributed by atoms with Gasteiger partial charge in [-0.15, -0.1) is 0 Å². The van der Waals surface area contributed by atoms with E-state index in [2.05, 4.69) is 10.3 Å². The Kier molecular flexibility index (Phi) is 1.46. The molecule has 1 aromatic heterocycles. The highest BCUT2D eigenvalue weighted by molar-refractivity contribution is 5.76. The lowest BCUT2D eigenvalue weighted by atomic mass is 10.2. The smallest absolute Gasteiger partial charge is 0.207 e. The van der Waals surface area contributed by atoms with Gasteiger partial charge in [0.05, 0.1) is 6.54 Å². The van der Waals surface area contributed by atoms with Gasteiger partial charge < -0.3 is 9.88 Å². The number of anilines is 1. The van der Waals surface area contributed by atoms with Crippen LogP contribution in [0.3, 0.4) is 0 Å². The second-order valence-electron chi connectivity index (χ2n) is 2.77. The molecule has 1 aromatic rings. The first-order chi connectivity index (χ1) is 5.81. The van der Waals surface area contributed by atoms with Gasteiger partial charge in [0.25, 0.3) is 0 Å². The lowest BCUT2D eigenvalue weighted by molar-refractivity contribution is -0.105. The van der Waals surface area contributed by atoms with E-state index in [1.54, 1.807) is 6.20 Å². The van der Waals surface area contributed by atoms with Gasteiger partial charge >= 0.3 is 0 Å². The number of fused-ring (bicyclic) bond motifs is 1. The topological polar surface area (TPSA) is 46.9 Å². The molecule has 0 aliphatic carbocycles. The van der Waals surface area contributed by atoms with Gasteiger partial charge in [-0.2, -0.15) is 0 Å². The third-order valence-corrected chi connectivity index (χ3v) is 1.98. The van der Waals surface area contributed by atoms with Crippen LogP contribution in [-0.2, 0) is 11.3 Å². The van der Waals surface area contributed by atoms with E-state index in [1.165, 1.54) is 0 Å². The maximum atomic E-state index is 10.6. The van der Waals surface area contributed by atoms with E-state index < -0.39 is 0 Å². The zero-order chi connectivity index (χ0) is 8.55. The highest BCUT2D eigenvalue weighted by Gasteiger charge is 2.13. The zero-order valence-electron chi connectivity index (χ0n) is 6.74. The molecule has 1 N–H and O–H groups in total. The van der Waals surface area contributed by atoms with Crippen molar-refractivity contribution in [1.82, 2.24) is 9.55 Å². The molecule has 0 atom stereocenters. The summed E-state index contributed by atoms with van der Waals surface area (Å²) in [5, 5.41) is 3.04. The second kappa shape index (κ2) is 2.48. The van der Waals surface area contributed by atoms with Gasteiger partial charge in [0.2, 0.25) is 5.95 Å². The van der Waals surface area contributed by atoms with Crippen molar-refractivity contribution in [3.8, 4) is 0 Å². The molecule has 0 saturated carbocycles. The number of aldehydes is 1. The number of nitrogens with zero attached hydrogens (tertiary/aromatic N) is 2. The third kappa shape index (κ3) is 0.922. The molecule has 0 saturated heterocycles. The average Bonchev–Trinajstić information content (AvgIpc) is 2.49. The maximum Gasteiger partial charge on any atom is 0.207 e. The Hall–Kier alpha value is -1.58. The second-order valence-corrected chi connectivity index (χ2v) is 2.77. The third-order valence-electron chi connectivity index (χ3n) is 1.98. The first kappa shape index (κ1) is 7.09. The van der Waals surface area contributed by atoms with E-state index in [4.69, 9.17) is 0 Å². The summed E-state index contributed by atoms with van der Waals surface area (Å²) in [5.74, 6) is 0.804. The first-order valence-electron chi connectivity index (χ1n) is 3.74. The molecule has 2 rings (SSSR count). The fraction of sp³-hybridized carbons (Fsp3) is 0.250. The monoisotopic (exact) mass is 163 g/mol. The molecule has 62 valence electrons. The van der Waals surface area contributed by atoms with Crippen LogP contribution in [0.2, 0.25) is 0 Å². The number of carbonyl (C=O) groups is 1. The van der Waals surface area contributed by atoms with Gasteiger partial charge in [-0.1, -0.05) is 0 Å². The summed E-state index contributed by atoms with van der Waals surface area (Å²) < 4.78 is 1.90. The molecule has 1 aliphatic heterocycles. The fourth-order valence-electron chi connectivity index (χ4n) is 1.24.